The molecule has 0 saturated carbocycles. The second-order valence-electron chi connectivity index (χ2n) is 7.84. The normalized spacial score (nSPS) is 16.2. The van der Waals surface area contributed by atoms with Crippen molar-refractivity contribution in [1.29, 1.82) is 0 Å². The first-order valence-corrected chi connectivity index (χ1v) is 10.5. The van der Waals surface area contributed by atoms with E-state index in [9.17, 15) is 5.11 Å². The van der Waals surface area contributed by atoms with E-state index in [1.54, 1.807) is 0 Å². The molecule has 1 fully saturated rings. The smallest absolute Gasteiger partial charge is 0.135 e. The first kappa shape index (κ1) is 19.0. The molecule has 0 amide bonds. The molecular weight excluding hydrogens is 376 g/mol. The summed E-state index contributed by atoms with van der Waals surface area (Å²) in [5.41, 5.74) is 2.99. The Morgan fingerprint density at radius 1 is 0.833 bits per heavy atom. The summed E-state index contributed by atoms with van der Waals surface area (Å²) < 4.78 is 11.8. The van der Waals surface area contributed by atoms with Gasteiger partial charge in [-0.25, -0.2) is 0 Å². The first-order valence-electron chi connectivity index (χ1n) is 10.5. The Kier molecular flexibility index (Phi) is 5.30. The van der Waals surface area contributed by atoms with Crippen LogP contribution in [0.4, 0.5) is 5.69 Å². The summed E-state index contributed by atoms with van der Waals surface area (Å²) in [6.45, 7) is 4.74. The number of ether oxygens (including phenoxy) is 1. The SMILES string of the molecule is O[C@@H](COc1ccc2oc3ccccc3c2c1)CN1CCN(c2ccccc2)CC1. The van der Waals surface area contributed by atoms with Crippen molar-refractivity contribution in [3.8, 4) is 5.75 Å². The van der Waals surface area contributed by atoms with Crippen LogP contribution in [0.3, 0.4) is 0 Å². The van der Waals surface area contributed by atoms with Crippen LogP contribution < -0.4 is 9.64 Å². The number of aliphatic hydroxyl groups excluding tert-OH is 1. The minimum atomic E-state index is -0.523. The molecule has 0 unspecified atom stereocenters. The highest BCUT2D eigenvalue weighted by molar-refractivity contribution is 6.05. The maximum Gasteiger partial charge on any atom is 0.135 e. The average Bonchev–Trinajstić information content (AvgIpc) is 3.17. The zero-order valence-corrected chi connectivity index (χ0v) is 16.9. The average molecular weight is 402 g/mol. The van der Waals surface area contributed by atoms with E-state index < -0.39 is 6.10 Å². The third kappa shape index (κ3) is 3.99. The van der Waals surface area contributed by atoms with Crippen LogP contribution in [0.25, 0.3) is 21.9 Å². The number of piperazine rings is 1. The molecule has 1 atom stereocenters. The van der Waals surface area contributed by atoms with E-state index in [0.29, 0.717) is 6.54 Å². The Balaban J connectivity index is 1.15. The van der Waals surface area contributed by atoms with Crippen LogP contribution in [-0.4, -0.2) is 55.4 Å². The molecule has 0 bridgehead atoms. The van der Waals surface area contributed by atoms with Gasteiger partial charge in [0, 0.05) is 49.2 Å². The lowest BCUT2D eigenvalue weighted by Gasteiger charge is -2.36. The molecule has 2 heterocycles. The molecule has 30 heavy (non-hydrogen) atoms. The van der Waals surface area contributed by atoms with Crippen molar-refractivity contribution in [3.63, 3.8) is 0 Å². The molecule has 1 aromatic heterocycles. The van der Waals surface area contributed by atoms with Gasteiger partial charge in [0.15, 0.2) is 0 Å². The zero-order chi connectivity index (χ0) is 20.3. The Hall–Kier alpha value is -3.02. The number of fused-ring (bicyclic) bond motifs is 3. The molecule has 0 radical (unpaired) electrons. The second kappa shape index (κ2) is 8.38. The van der Waals surface area contributed by atoms with Crippen LogP contribution in [0.1, 0.15) is 0 Å². The molecule has 0 spiro atoms. The van der Waals surface area contributed by atoms with Crippen molar-refractivity contribution in [3.05, 3.63) is 72.8 Å². The number of benzene rings is 3. The Morgan fingerprint density at radius 3 is 2.40 bits per heavy atom. The van der Waals surface area contributed by atoms with E-state index in [1.807, 2.05) is 42.5 Å². The topological polar surface area (TPSA) is 49.1 Å². The molecule has 154 valence electrons. The number of hydrogen-bond donors (Lipinski definition) is 1. The maximum absolute atomic E-state index is 10.5. The van der Waals surface area contributed by atoms with E-state index >= 15 is 0 Å². The van der Waals surface area contributed by atoms with Crippen molar-refractivity contribution < 1.29 is 14.3 Å². The van der Waals surface area contributed by atoms with Crippen molar-refractivity contribution >= 4 is 27.6 Å². The number of hydrogen-bond acceptors (Lipinski definition) is 5. The third-order valence-corrected chi connectivity index (χ3v) is 5.75. The lowest BCUT2D eigenvalue weighted by Crippen LogP contribution is -2.49. The number of aliphatic hydroxyl groups is 1. The molecule has 5 rings (SSSR count). The van der Waals surface area contributed by atoms with E-state index in [2.05, 4.69) is 40.1 Å². The lowest BCUT2D eigenvalue weighted by molar-refractivity contribution is 0.0663. The van der Waals surface area contributed by atoms with Gasteiger partial charge in [0.25, 0.3) is 0 Å². The van der Waals surface area contributed by atoms with Gasteiger partial charge >= 0.3 is 0 Å². The highest BCUT2D eigenvalue weighted by atomic mass is 16.5. The van der Waals surface area contributed by atoms with Gasteiger partial charge in [-0.3, -0.25) is 4.90 Å². The van der Waals surface area contributed by atoms with Crippen molar-refractivity contribution in [2.75, 3.05) is 44.2 Å². The molecule has 1 aliphatic heterocycles. The summed E-state index contributed by atoms with van der Waals surface area (Å²) >= 11 is 0. The van der Waals surface area contributed by atoms with E-state index in [-0.39, 0.29) is 6.61 Å². The summed E-state index contributed by atoms with van der Waals surface area (Å²) in [7, 11) is 0. The lowest BCUT2D eigenvalue weighted by atomic mass is 10.1. The minimum Gasteiger partial charge on any atom is -0.491 e. The van der Waals surface area contributed by atoms with E-state index in [1.165, 1.54) is 5.69 Å². The molecule has 1 N–H and O–H groups in total. The number of anilines is 1. The summed E-state index contributed by atoms with van der Waals surface area (Å²) in [5, 5.41) is 12.6. The maximum atomic E-state index is 10.5. The van der Waals surface area contributed by atoms with Gasteiger partial charge in [-0.2, -0.15) is 0 Å². The largest absolute Gasteiger partial charge is 0.491 e. The molecule has 5 nitrogen and oxygen atoms in total. The number of para-hydroxylation sites is 2. The quantitative estimate of drug-likeness (QED) is 0.525. The van der Waals surface area contributed by atoms with Gasteiger partial charge in [-0.05, 0) is 36.4 Å². The van der Waals surface area contributed by atoms with Crippen molar-refractivity contribution in [1.82, 2.24) is 4.90 Å². The first-order chi connectivity index (χ1) is 14.8. The van der Waals surface area contributed by atoms with Crippen LogP contribution in [0.5, 0.6) is 5.75 Å². The molecule has 4 aromatic rings. The van der Waals surface area contributed by atoms with Gasteiger partial charge < -0.3 is 19.2 Å². The molecule has 1 aliphatic rings. The minimum absolute atomic E-state index is 0.278. The third-order valence-electron chi connectivity index (χ3n) is 5.75. The van der Waals surface area contributed by atoms with Crippen LogP contribution in [0, 0.1) is 0 Å². The summed E-state index contributed by atoms with van der Waals surface area (Å²) in [4.78, 5) is 4.70. The Bertz CT molecular complexity index is 1120. The van der Waals surface area contributed by atoms with Gasteiger partial charge in [0.2, 0.25) is 0 Å². The fourth-order valence-corrected chi connectivity index (χ4v) is 4.17. The van der Waals surface area contributed by atoms with Gasteiger partial charge in [0.1, 0.15) is 29.6 Å². The Labute approximate surface area is 176 Å². The fraction of sp³-hybridized carbons (Fsp3) is 0.280. The van der Waals surface area contributed by atoms with Crippen molar-refractivity contribution in [2.24, 2.45) is 0 Å². The van der Waals surface area contributed by atoms with Crippen LogP contribution in [0.15, 0.2) is 77.2 Å². The predicted octanol–water partition coefficient (Wildman–Crippen LogP) is 4.15. The summed E-state index contributed by atoms with van der Waals surface area (Å²) in [5.74, 6) is 0.752. The second-order valence-corrected chi connectivity index (χ2v) is 7.84. The number of furan rings is 1. The molecular formula is C25H26N2O3. The summed E-state index contributed by atoms with van der Waals surface area (Å²) in [6.07, 6.45) is -0.523. The molecule has 0 aliphatic carbocycles. The number of nitrogens with zero attached hydrogens (tertiary/aromatic N) is 2. The van der Waals surface area contributed by atoms with Crippen LogP contribution in [-0.2, 0) is 0 Å². The van der Waals surface area contributed by atoms with Gasteiger partial charge in [-0.15, -0.1) is 0 Å². The van der Waals surface area contributed by atoms with E-state index in [4.69, 9.17) is 9.15 Å². The highest BCUT2D eigenvalue weighted by Gasteiger charge is 2.19. The number of β-amino-alcohol motifs (C(OH)–C–C–N with tert-alkyl or cyclic N) is 1. The fourth-order valence-electron chi connectivity index (χ4n) is 4.17. The standard InChI is InChI=1S/C25H26N2O3/c28-20(17-26-12-14-27(15-13-26)19-6-2-1-3-7-19)18-29-21-10-11-25-23(16-21)22-8-4-5-9-24(22)30-25/h1-11,16,20,28H,12-15,17-18H2/t20-/m1/s1. The van der Waals surface area contributed by atoms with Crippen LogP contribution >= 0.6 is 0 Å². The molecule has 1 saturated heterocycles. The number of rotatable bonds is 6. The predicted molar refractivity (Wildman–Crippen MR) is 120 cm³/mol. The monoisotopic (exact) mass is 402 g/mol. The zero-order valence-electron chi connectivity index (χ0n) is 16.9. The van der Waals surface area contributed by atoms with Crippen LogP contribution in [0.2, 0.25) is 0 Å². The van der Waals surface area contributed by atoms with Crippen molar-refractivity contribution in [2.45, 2.75) is 6.10 Å². The summed E-state index contributed by atoms with van der Waals surface area (Å²) in [6, 6.07) is 24.3. The highest BCUT2D eigenvalue weighted by Crippen LogP contribution is 2.31. The van der Waals surface area contributed by atoms with Gasteiger partial charge in [0.05, 0.1) is 0 Å². The Morgan fingerprint density at radius 2 is 1.57 bits per heavy atom. The molecule has 5 heteroatoms. The molecule has 3 aromatic carbocycles. The van der Waals surface area contributed by atoms with Gasteiger partial charge in [-0.1, -0.05) is 36.4 Å². The van der Waals surface area contributed by atoms with E-state index in [0.717, 1.165) is 53.9 Å².